The number of pyridine rings is 2. The smallest absolute Gasteiger partial charge is 0.240 e. The molecule has 14 heavy (non-hydrogen) atoms. The molecule has 2 aromatic heterocycles. The first-order valence-electron chi connectivity index (χ1n) is 3.80. The molecule has 72 valence electrons. The summed E-state index contributed by atoms with van der Waals surface area (Å²) in [4.78, 5) is 7.73. The lowest BCUT2D eigenvalue weighted by Gasteiger charge is -2.01. The molecule has 0 unspecified atom stereocenters. The van der Waals surface area contributed by atoms with Gasteiger partial charge in [0.1, 0.15) is 4.90 Å². The summed E-state index contributed by atoms with van der Waals surface area (Å²) >= 11 is 0. The Balaban J connectivity index is 2.92. The quantitative estimate of drug-likeness (QED) is 0.730. The molecule has 0 amide bonds. The Hall–Kier alpha value is -1.53. The van der Waals surface area contributed by atoms with Gasteiger partial charge in [0.2, 0.25) is 10.0 Å². The van der Waals surface area contributed by atoms with Crippen LogP contribution in [-0.4, -0.2) is 18.4 Å². The Kier molecular flexibility index (Phi) is 1.94. The van der Waals surface area contributed by atoms with Gasteiger partial charge in [-0.1, -0.05) is 0 Å². The number of sulfonamides is 1. The van der Waals surface area contributed by atoms with Crippen molar-refractivity contribution in [3.05, 3.63) is 30.7 Å². The summed E-state index contributed by atoms with van der Waals surface area (Å²) in [6.45, 7) is 0. The summed E-state index contributed by atoms with van der Waals surface area (Å²) in [5.74, 6) is 0. The van der Waals surface area contributed by atoms with Gasteiger partial charge in [0.15, 0.2) is 0 Å². The van der Waals surface area contributed by atoms with Crippen molar-refractivity contribution in [2.75, 3.05) is 0 Å². The van der Waals surface area contributed by atoms with Crippen LogP contribution in [0.5, 0.6) is 0 Å². The standard InChI is InChI=1S/C8H7N3O2S/c9-14(12,13)8-5-10-4-7-6(8)2-1-3-11-7/h1-5H,(H2,9,12,13). The number of hydrogen-bond donors (Lipinski definition) is 1. The number of rotatable bonds is 1. The van der Waals surface area contributed by atoms with E-state index in [2.05, 4.69) is 9.97 Å². The van der Waals surface area contributed by atoms with Gasteiger partial charge in [-0.25, -0.2) is 13.6 Å². The molecule has 0 aliphatic carbocycles. The van der Waals surface area contributed by atoms with Gasteiger partial charge < -0.3 is 0 Å². The molecule has 0 saturated carbocycles. The predicted octanol–water partition coefficient (Wildman–Crippen LogP) is 0.277. The molecule has 0 aliphatic heterocycles. The van der Waals surface area contributed by atoms with Gasteiger partial charge in [0.25, 0.3) is 0 Å². The van der Waals surface area contributed by atoms with Gasteiger partial charge >= 0.3 is 0 Å². The highest BCUT2D eigenvalue weighted by atomic mass is 32.2. The fourth-order valence-electron chi connectivity index (χ4n) is 1.20. The minimum Gasteiger partial charge on any atom is -0.261 e. The normalized spacial score (nSPS) is 11.8. The largest absolute Gasteiger partial charge is 0.261 e. The summed E-state index contributed by atoms with van der Waals surface area (Å²) in [5, 5.41) is 5.52. The molecule has 0 fully saturated rings. The van der Waals surface area contributed by atoms with Crippen molar-refractivity contribution in [3.8, 4) is 0 Å². The Bertz CT molecular complexity index is 575. The van der Waals surface area contributed by atoms with Crippen molar-refractivity contribution in [3.63, 3.8) is 0 Å². The second-order valence-electron chi connectivity index (χ2n) is 2.75. The predicted molar refractivity (Wildman–Crippen MR) is 50.9 cm³/mol. The molecule has 0 atom stereocenters. The zero-order valence-corrected chi connectivity index (χ0v) is 7.90. The minimum atomic E-state index is -3.73. The first-order chi connectivity index (χ1) is 6.59. The van der Waals surface area contributed by atoms with E-state index in [0.717, 1.165) is 0 Å². The lowest BCUT2D eigenvalue weighted by atomic mass is 10.3. The Morgan fingerprint density at radius 1 is 1.29 bits per heavy atom. The zero-order valence-electron chi connectivity index (χ0n) is 7.08. The second-order valence-corrected chi connectivity index (χ2v) is 4.28. The third-order valence-electron chi connectivity index (χ3n) is 1.80. The van der Waals surface area contributed by atoms with E-state index >= 15 is 0 Å². The molecule has 0 aromatic carbocycles. The topological polar surface area (TPSA) is 85.9 Å². The van der Waals surface area contributed by atoms with Gasteiger partial charge in [-0.3, -0.25) is 9.97 Å². The van der Waals surface area contributed by atoms with Gasteiger partial charge in [0, 0.05) is 17.8 Å². The third kappa shape index (κ3) is 1.45. The summed E-state index contributed by atoms with van der Waals surface area (Å²) in [6, 6.07) is 3.29. The van der Waals surface area contributed by atoms with E-state index in [-0.39, 0.29) is 4.90 Å². The third-order valence-corrected chi connectivity index (χ3v) is 2.74. The van der Waals surface area contributed by atoms with Crippen molar-refractivity contribution in [2.45, 2.75) is 4.90 Å². The number of aromatic nitrogens is 2. The molecule has 0 aliphatic rings. The van der Waals surface area contributed by atoms with E-state index in [4.69, 9.17) is 5.14 Å². The van der Waals surface area contributed by atoms with E-state index in [9.17, 15) is 8.42 Å². The summed E-state index contributed by atoms with van der Waals surface area (Å²) < 4.78 is 22.3. The van der Waals surface area contributed by atoms with Gasteiger partial charge in [-0.2, -0.15) is 0 Å². The van der Waals surface area contributed by atoms with Crippen molar-refractivity contribution in [2.24, 2.45) is 5.14 Å². The van der Waals surface area contributed by atoms with Crippen LogP contribution in [-0.2, 0) is 10.0 Å². The highest BCUT2D eigenvalue weighted by Gasteiger charge is 2.12. The van der Waals surface area contributed by atoms with Crippen LogP contribution >= 0.6 is 0 Å². The molecular weight excluding hydrogens is 202 g/mol. The number of primary sulfonamides is 1. The van der Waals surface area contributed by atoms with E-state index in [1.165, 1.54) is 12.4 Å². The van der Waals surface area contributed by atoms with Crippen LogP contribution in [0.4, 0.5) is 0 Å². The number of hydrogen-bond acceptors (Lipinski definition) is 4. The average molecular weight is 209 g/mol. The molecule has 2 aromatic rings. The first kappa shape index (κ1) is 9.04. The van der Waals surface area contributed by atoms with Gasteiger partial charge in [-0.15, -0.1) is 0 Å². The minimum absolute atomic E-state index is 0.00287. The summed E-state index contributed by atoms with van der Waals surface area (Å²) in [7, 11) is -3.73. The van der Waals surface area contributed by atoms with Gasteiger partial charge in [0.05, 0.1) is 11.7 Å². The molecule has 5 nitrogen and oxygen atoms in total. The first-order valence-corrected chi connectivity index (χ1v) is 5.35. The monoisotopic (exact) mass is 209 g/mol. The summed E-state index contributed by atoms with van der Waals surface area (Å²) in [5.41, 5.74) is 0.513. The molecular formula is C8H7N3O2S. The molecule has 0 spiro atoms. The molecule has 2 heterocycles. The molecule has 2 N–H and O–H groups in total. The highest BCUT2D eigenvalue weighted by Crippen LogP contribution is 2.17. The lowest BCUT2D eigenvalue weighted by Crippen LogP contribution is -2.13. The molecule has 0 radical (unpaired) electrons. The van der Waals surface area contributed by atoms with Crippen LogP contribution in [0.3, 0.4) is 0 Å². The lowest BCUT2D eigenvalue weighted by molar-refractivity contribution is 0.598. The van der Waals surface area contributed by atoms with Crippen LogP contribution in [0.1, 0.15) is 0 Å². The number of fused-ring (bicyclic) bond motifs is 1. The van der Waals surface area contributed by atoms with Crippen molar-refractivity contribution >= 4 is 20.9 Å². The van der Waals surface area contributed by atoms with E-state index < -0.39 is 10.0 Å². The van der Waals surface area contributed by atoms with E-state index in [1.54, 1.807) is 18.3 Å². The molecule has 2 rings (SSSR count). The van der Waals surface area contributed by atoms with Crippen LogP contribution in [0, 0.1) is 0 Å². The molecule has 0 bridgehead atoms. The van der Waals surface area contributed by atoms with Crippen molar-refractivity contribution in [1.29, 1.82) is 0 Å². The molecule has 6 heteroatoms. The van der Waals surface area contributed by atoms with Crippen LogP contribution in [0.15, 0.2) is 35.6 Å². The average Bonchev–Trinajstić information content (AvgIpc) is 2.15. The maximum absolute atomic E-state index is 11.2. The van der Waals surface area contributed by atoms with Gasteiger partial charge in [-0.05, 0) is 12.1 Å². The zero-order chi connectivity index (χ0) is 10.2. The fourth-order valence-corrected chi connectivity index (χ4v) is 1.89. The summed E-state index contributed by atoms with van der Waals surface area (Å²) in [6.07, 6.45) is 4.28. The molecule has 0 saturated heterocycles. The van der Waals surface area contributed by atoms with Crippen molar-refractivity contribution in [1.82, 2.24) is 9.97 Å². The second kappa shape index (κ2) is 3.00. The Morgan fingerprint density at radius 3 is 2.79 bits per heavy atom. The van der Waals surface area contributed by atoms with Crippen LogP contribution in [0.25, 0.3) is 10.9 Å². The Labute approximate surface area is 80.7 Å². The van der Waals surface area contributed by atoms with E-state index in [0.29, 0.717) is 10.9 Å². The maximum atomic E-state index is 11.2. The maximum Gasteiger partial charge on any atom is 0.240 e. The van der Waals surface area contributed by atoms with E-state index in [1.807, 2.05) is 0 Å². The highest BCUT2D eigenvalue weighted by molar-refractivity contribution is 7.89. The van der Waals surface area contributed by atoms with Crippen LogP contribution in [0.2, 0.25) is 0 Å². The fraction of sp³-hybridized carbons (Fsp3) is 0. The van der Waals surface area contributed by atoms with Crippen molar-refractivity contribution < 1.29 is 8.42 Å². The number of nitrogens with zero attached hydrogens (tertiary/aromatic N) is 2. The Morgan fingerprint density at radius 2 is 2.07 bits per heavy atom. The number of nitrogens with two attached hydrogens (primary N) is 1. The van der Waals surface area contributed by atoms with Crippen LogP contribution < -0.4 is 5.14 Å². The SMILES string of the molecule is NS(=O)(=O)c1cncc2ncccc12.